The lowest BCUT2D eigenvalue weighted by atomic mass is 10.3. The minimum atomic E-state index is 0.502. The average Bonchev–Trinajstić information content (AvgIpc) is 2.62. The van der Waals surface area contributed by atoms with Gasteiger partial charge in [0.25, 0.3) is 0 Å². The Kier molecular flexibility index (Phi) is 4.57. The van der Waals surface area contributed by atoms with Crippen molar-refractivity contribution < 1.29 is 0 Å². The van der Waals surface area contributed by atoms with Crippen LogP contribution in [0.15, 0.2) is 17.3 Å². The van der Waals surface area contributed by atoms with Crippen molar-refractivity contribution in [2.75, 3.05) is 18.1 Å². The number of hydrogen-bond donors (Lipinski definition) is 3. The quantitative estimate of drug-likeness (QED) is 0.422. The highest BCUT2D eigenvalue weighted by Crippen LogP contribution is 2.08. The molecular formula is C8H13N5S2. The van der Waals surface area contributed by atoms with E-state index in [-0.39, 0.29) is 0 Å². The van der Waals surface area contributed by atoms with Gasteiger partial charge in [0.2, 0.25) is 11.1 Å². The third kappa shape index (κ3) is 4.30. The number of hydrogen-bond acceptors (Lipinski definition) is 4. The predicted octanol–water partition coefficient (Wildman–Crippen LogP) is 1.39. The van der Waals surface area contributed by atoms with Gasteiger partial charge < -0.3 is 10.6 Å². The summed E-state index contributed by atoms with van der Waals surface area (Å²) in [4.78, 5) is 4.13. The lowest BCUT2D eigenvalue weighted by molar-refractivity contribution is 0.975. The Hall–Kier alpha value is -1.08. The highest BCUT2D eigenvalue weighted by Gasteiger charge is 2.02. The molecule has 0 bridgehead atoms. The molecule has 7 heteroatoms. The third-order valence-corrected chi connectivity index (χ3v) is 2.22. The minimum absolute atomic E-state index is 0.502. The standard InChI is InChI=1S/C8H13N5S2/c1-5(2)4-9-7(14)10-6-11-8(15-3)13-12-6/h1,4H2,2-3H3,(H3,9,10,11,12,13,14). The molecule has 3 N–H and O–H groups in total. The van der Waals surface area contributed by atoms with Crippen LogP contribution in [0, 0.1) is 0 Å². The van der Waals surface area contributed by atoms with E-state index in [2.05, 4.69) is 32.4 Å². The van der Waals surface area contributed by atoms with E-state index in [1.807, 2.05) is 13.2 Å². The summed E-state index contributed by atoms with van der Waals surface area (Å²) >= 11 is 6.51. The zero-order chi connectivity index (χ0) is 11.3. The van der Waals surface area contributed by atoms with Crippen molar-refractivity contribution in [3.05, 3.63) is 12.2 Å². The van der Waals surface area contributed by atoms with E-state index in [1.165, 1.54) is 11.8 Å². The van der Waals surface area contributed by atoms with Gasteiger partial charge in [0.15, 0.2) is 5.11 Å². The molecule has 0 radical (unpaired) electrons. The summed E-state index contributed by atoms with van der Waals surface area (Å²) in [6.07, 6.45) is 1.91. The second kappa shape index (κ2) is 5.72. The van der Waals surface area contributed by atoms with Crippen LogP contribution in [0.1, 0.15) is 6.92 Å². The fourth-order valence-electron chi connectivity index (χ4n) is 0.777. The van der Waals surface area contributed by atoms with Gasteiger partial charge in [-0.3, -0.25) is 0 Å². The number of aromatic nitrogens is 3. The van der Waals surface area contributed by atoms with Gasteiger partial charge in [0.1, 0.15) is 0 Å². The van der Waals surface area contributed by atoms with Gasteiger partial charge in [-0.2, -0.15) is 4.98 Å². The number of rotatable bonds is 4. The smallest absolute Gasteiger partial charge is 0.225 e. The first-order valence-electron chi connectivity index (χ1n) is 4.27. The first-order valence-corrected chi connectivity index (χ1v) is 5.90. The number of anilines is 1. The summed E-state index contributed by atoms with van der Waals surface area (Å²) in [6, 6.07) is 0. The van der Waals surface area contributed by atoms with Gasteiger partial charge in [-0.1, -0.05) is 23.9 Å². The summed E-state index contributed by atoms with van der Waals surface area (Å²) in [6.45, 7) is 6.34. The Morgan fingerprint density at radius 3 is 2.93 bits per heavy atom. The van der Waals surface area contributed by atoms with Gasteiger partial charge in [-0.25, -0.2) is 5.10 Å². The molecule has 0 spiro atoms. The van der Waals surface area contributed by atoms with E-state index < -0.39 is 0 Å². The number of thiocarbonyl (C=S) groups is 1. The Labute approximate surface area is 98.1 Å². The van der Waals surface area contributed by atoms with Crippen LogP contribution >= 0.6 is 24.0 Å². The van der Waals surface area contributed by atoms with Gasteiger partial charge in [-0.15, -0.1) is 5.10 Å². The molecule has 0 amide bonds. The van der Waals surface area contributed by atoms with Crippen LogP contribution in [0.4, 0.5) is 5.95 Å². The van der Waals surface area contributed by atoms with Crippen molar-refractivity contribution in [3.63, 3.8) is 0 Å². The fraction of sp³-hybridized carbons (Fsp3) is 0.375. The maximum atomic E-state index is 5.04. The topological polar surface area (TPSA) is 65.6 Å². The molecule has 15 heavy (non-hydrogen) atoms. The molecule has 0 aromatic carbocycles. The summed E-state index contributed by atoms with van der Waals surface area (Å²) in [5.41, 5.74) is 1.02. The second-order valence-electron chi connectivity index (χ2n) is 2.94. The lowest BCUT2D eigenvalue weighted by Gasteiger charge is -2.06. The van der Waals surface area contributed by atoms with Gasteiger partial charge in [0.05, 0.1) is 0 Å². The summed E-state index contributed by atoms with van der Waals surface area (Å²) in [7, 11) is 0. The van der Waals surface area contributed by atoms with E-state index in [1.54, 1.807) is 0 Å². The van der Waals surface area contributed by atoms with E-state index in [0.717, 1.165) is 5.57 Å². The van der Waals surface area contributed by atoms with Gasteiger partial charge >= 0.3 is 0 Å². The Morgan fingerprint density at radius 1 is 1.67 bits per heavy atom. The molecule has 0 atom stereocenters. The highest BCUT2D eigenvalue weighted by atomic mass is 32.2. The van der Waals surface area contributed by atoms with Crippen LogP contribution in [0.25, 0.3) is 0 Å². The summed E-state index contributed by atoms with van der Waals surface area (Å²) < 4.78 is 0. The number of thioether (sulfide) groups is 1. The SMILES string of the molecule is C=C(C)CNC(=S)Nc1nc(SC)n[nH]1. The second-order valence-corrected chi connectivity index (χ2v) is 4.12. The van der Waals surface area contributed by atoms with E-state index in [0.29, 0.717) is 22.8 Å². The van der Waals surface area contributed by atoms with E-state index >= 15 is 0 Å². The fourth-order valence-corrected chi connectivity index (χ4v) is 1.26. The Bertz CT molecular complexity index is 360. The van der Waals surface area contributed by atoms with Crippen molar-refractivity contribution in [1.29, 1.82) is 0 Å². The molecule has 0 unspecified atom stereocenters. The molecule has 1 heterocycles. The third-order valence-electron chi connectivity index (χ3n) is 1.43. The molecule has 1 rings (SSSR count). The van der Waals surface area contributed by atoms with E-state index in [9.17, 15) is 0 Å². The van der Waals surface area contributed by atoms with Crippen molar-refractivity contribution >= 4 is 35.0 Å². The molecule has 82 valence electrons. The number of nitrogens with one attached hydrogen (secondary N) is 3. The monoisotopic (exact) mass is 243 g/mol. The molecular weight excluding hydrogens is 230 g/mol. The molecule has 0 saturated heterocycles. The molecule has 0 fully saturated rings. The van der Waals surface area contributed by atoms with Crippen LogP contribution in [0.2, 0.25) is 0 Å². The molecule has 0 saturated carbocycles. The molecule has 0 aliphatic rings. The number of H-pyrrole nitrogens is 1. The molecule has 0 aliphatic heterocycles. The van der Waals surface area contributed by atoms with Crippen molar-refractivity contribution in [3.8, 4) is 0 Å². The molecule has 1 aromatic heterocycles. The zero-order valence-corrected chi connectivity index (χ0v) is 10.3. The number of nitrogens with zero attached hydrogens (tertiary/aromatic N) is 2. The first kappa shape index (κ1) is 12.0. The largest absolute Gasteiger partial charge is 0.359 e. The van der Waals surface area contributed by atoms with Crippen molar-refractivity contribution in [1.82, 2.24) is 20.5 Å². The molecule has 0 aliphatic carbocycles. The van der Waals surface area contributed by atoms with Crippen LogP contribution in [-0.4, -0.2) is 33.1 Å². The number of aromatic amines is 1. The first-order chi connectivity index (χ1) is 7.11. The zero-order valence-electron chi connectivity index (χ0n) is 8.63. The van der Waals surface area contributed by atoms with Crippen LogP contribution in [0.5, 0.6) is 0 Å². The lowest BCUT2D eigenvalue weighted by Crippen LogP contribution is -2.29. The normalized spacial score (nSPS) is 9.73. The van der Waals surface area contributed by atoms with Crippen LogP contribution in [0.3, 0.4) is 0 Å². The predicted molar refractivity (Wildman–Crippen MR) is 67.2 cm³/mol. The Balaban J connectivity index is 2.40. The minimum Gasteiger partial charge on any atom is -0.359 e. The summed E-state index contributed by atoms with van der Waals surface area (Å²) in [5.74, 6) is 0.540. The van der Waals surface area contributed by atoms with Crippen LogP contribution < -0.4 is 10.6 Å². The average molecular weight is 243 g/mol. The van der Waals surface area contributed by atoms with Gasteiger partial charge in [-0.05, 0) is 25.4 Å². The van der Waals surface area contributed by atoms with E-state index in [4.69, 9.17) is 12.2 Å². The van der Waals surface area contributed by atoms with Gasteiger partial charge in [0, 0.05) is 6.54 Å². The van der Waals surface area contributed by atoms with Crippen molar-refractivity contribution in [2.45, 2.75) is 12.1 Å². The maximum absolute atomic E-state index is 5.04. The van der Waals surface area contributed by atoms with Crippen LogP contribution in [-0.2, 0) is 0 Å². The highest BCUT2D eigenvalue weighted by molar-refractivity contribution is 7.98. The maximum Gasteiger partial charge on any atom is 0.225 e. The molecule has 5 nitrogen and oxygen atoms in total. The summed E-state index contributed by atoms with van der Waals surface area (Å²) in [5, 5.41) is 13.7. The Morgan fingerprint density at radius 2 is 2.40 bits per heavy atom. The van der Waals surface area contributed by atoms with Crippen molar-refractivity contribution in [2.24, 2.45) is 0 Å². The molecule has 1 aromatic rings.